The van der Waals surface area contributed by atoms with Crippen LogP contribution in [0, 0.1) is 0 Å². The van der Waals surface area contributed by atoms with Gasteiger partial charge in [-0.05, 0) is 17.7 Å². The maximum absolute atomic E-state index is 6.88. The Morgan fingerprint density at radius 2 is 2.60 bits per heavy atom. The zero-order valence-corrected chi connectivity index (χ0v) is 5.50. The number of ether oxygens (including phenoxy) is 1. The van der Waals surface area contributed by atoms with Gasteiger partial charge in [0, 0.05) is 6.54 Å². The molecule has 0 heterocycles. The van der Waals surface area contributed by atoms with Gasteiger partial charge in [-0.2, -0.15) is 0 Å². The molecule has 0 fully saturated rings. The third-order valence-electron chi connectivity index (χ3n) is 1.25. The number of hydrogen-bond acceptors (Lipinski definition) is 2. The molecule has 0 aliphatic heterocycles. The molecule has 0 radical (unpaired) electrons. The van der Waals surface area contributed by atoms with E-state index in [1.807, 2.05) is 6.07 Å². The van der Waals surface area contributed by atoms with E-state index in [9.17, 15) is 0 Å². The van der Waals surface area contributed by atoms with Gasteiger partial charge in [-0.25, -0.2) is 0 Å². The number of benzene rings is 1. The van der Waals surface area contributed by atoms with Crippen molar-refractivity contribution in [3.63, 3.8) is 0 Å². The monoisotopic (exact) mass is 140 g/mol. The van der Waals surface area contributed by atoms with Crippen LogP contribution in [0.1, 0.15) is 9.68 Å². The second-order valence-corrected chi connectivity index (χ2v) is 1.95. The van der Waals surface area contributed by atoms with Gasteiger partial charge in [0.15, 0.2) is 0 Å². The topological polar surface area (TPSA) is 35.2 Å². The molecular weight excluding hydrogens is 126 g/mol. The molecule has 2 N–H and O–H groups in total. The third kappa shape index (κ3) is 1.48. The normalized spacial score (nSPS) is 15.1. The van der Waals surface area contributed by atoms with Gasteiger partial charge in [0.2, 0.25) is 0 Å². The van der Waals surface area contributed by atoms with E-state index in [0.29, 0.717) is 12.3 Å². The highest BCUT2D eigenvalue weighted by molar-refractivity contribution is 5.27. The first kappa shape index (κ1) is 3.98. The maximum Gasteiger partial charge on any atom is 0.119 e. The van der Waals surface area contributed by atoms with Gasteiger partial charge in [-0.1, -0.05) is 12.1 Å². The van der Waals surface area contributed by atoms with E-state index in [2.05, 4.69) is 4.74 Å². The highest BCUT2D eigenvalue weighted by atomic mass is 16.5. The molecule has 0 aliphatic rings. The lowest BCUT2D eigenvalue weighted by atomic mass is 10.2. The van der Waals surface area contributed by atoms with Gasteiger partial charge >= 0.3 is 0 Å². The number of nitrogens with two attached hydrogens (primary N) is 1. The summed E-state index contributed by atoms with van der Waals surface area (Å²) in [5.74, 6) is 0.322. The molecule has 1 aromatic carbocycles. The molecule has 54 valence electrons. The Morgan fingerprint density at radius 3 is 3.30 bits per heavy atom. The van der Waals surface area contributed by atoms with E-state index in [1.165, 1.54) is 0 Å². The van der Waals surface area contributed by atoms with Crippen molar-refractivity contribution in [2.24, 2.45) is 5.73 Å². The molecule has 1 rings (SSSR count). The summed E-state index contributed by atoms with van der Waals surface area (Å²) in [6.07, 6.45) is 0. The minimum atomic E-state index is -2.40. The molecule has 0 unspecified atom stereocenters. The van der Waals surface area contributed by atoms with Crippen LogP contribution in [0.15, 0.2) is 24.3 Å². The Labute approximate surface area is 64.8 Å². The van der Waals surface area contributed by atoms with Crippen molar-refractivity contribution in [2.45, 2.75) is 6.54 Å². The lowest BCUT2D eigenvalue weighted by molar-refractivity contribution is 0.414. The van der Waals surface area contributed by atoms with Gasteiger partial charge in [0.1, 0.15) is 5.75 Å². The summed E-state index contributed by atoms with van der Waals surface area (Å²) in [4.78, 5) is 0. The van der Waals surface area contributed by atoms with Crippen LogP contribution in [-0.4, -0.2) is 7.04 Å². The van der Waals surface area contributed by atoms with Crippen LogP contribution in [0.3, 0.4) is 0 Å². The molecule has 2 nitrogen and oxygen atoms in total. The Morgan fingerprint density at radius 1 is 1.70 bits per heavy atom. The zero-order valence-electron chi connectivity index (χ0n) is 8.50. The van der Waals surface area contributed by atoms with Crippen LogP contribution >= 0.6 is 0 Å². The Kier molecular flexibility index (Phi) is 1.28. The van der Waals surface area contributed by atoms with Crippen LogP contribution < -0.4 is 10.5 Å². The largest absolute Gasteiger partial charge is 0.497 e. The molecule has 10 heavy (non-hydrogen) atoms. The van der Waals surface area contributed by atoms with E-state index in [0.717, 1.165) is 5.56 Å². The predicted molar refractivity (Wildman–Crippen MR) is 40.9 cm³/mol. The number of rotatable bonds is 2. The predicted octanol–water partition coefficient (Wildman–Crippen LogP) is 1.15. The first-order chi connectivity index (χ1) is 6.01. The quantitative estimate of drug-likeness (QED) is 0.669. The molecule has 2 heteroatoms. The van der Waals surface area contributed by atoms with Crippen molar-refractivity contribution < 1.29 is 8.85 Å². The van der Waals surface area contributed by atoms with Crippen molar-refractivity contribution in [2.75, 3.05) is 7.04 Å². The molecule has 0 bridgehead atoms. The summed E-state index contributed by atoms with van der Waals surface area (Å²) in [5.41, 5.74) is 6.24. The van der Waals surface area contributed by atoms with Crippen LogP contribution in [0.4, 0.5) is 0 Å². The smallest absolute Gasteiger partial charge is 0.119 e. The van der Waals surface area contributed by atoms with Crippen LogP contribution in [0.5, 0.6) is 5.75 Å². The van der Waals surface area contributed by atoms with Gasteiger partial charge in [0.05, 0.1) is 11.2 Å². The second-order valence-electron chi connectivity index (χ2n) is 1.95. The molecule has 0 atom stereocenters. The average molecular weight is 140 g/mol. The average Bonchev–Trinajstić information content (AvgIpc) is 2.01. The highest BCUT2D eigenvalue weighted by Gasteiger charge is 1.90. The fourth-order valence-corrected chi connectivity index (χ4v) is 0.736. The Balaban J connectivity index is 2.78. The minimum Gasteiger partial charge on any atom is -0.497 e. The van der Waals surface area contributed by atoms with E-state index >= 15 is 0 Å². The van der Waals surface area contributed by atoms with Gasteiger partial charge in [-0.15, -0.1) is 0 Å². The fraction of sp³-hybridized carbons (Fsp3) is 0.250. The standard InChI is InChI=1S/C8H11NO/c1-10-8-4-2-3-7(5-8)6-9/h2-5H,6,9H2,1H3/i1D3. The first-order valence-corrected chi connectivity index (χ1v) is 2.99. The highest BCUT2D eigenvalue weighted by Crippen LogP contribution is 2.11. The van der Waals surface area contributed by atoms with Gasteiger partial charge in [0.25, 0.3) is 0 Å². The molecule has 0 saturated carbocycles. The van der Waals surface area contributed by atoms with E-state index in [-0.39, 0.29) is 0 Å². The summed E-state index contributed by atoms with van der Waals surface area (Å²) in [7, 11) is -2.40. The van der Waals surface area contributed by atoms with Crippen LogP contribution in [0.25, 0.3) is 0 Å². The van der Waals surface area contributed by atoms with Crippen molar-refractivity contribution >= 4 is 0 Å². The molecule has 0 aliphatic carbocycles. The van der Waals surface area contributed by atoms with Crippen LogP contribution in [0.2, 0.25) is 0 Å². The SMILES string of the molecule is [2H]C([2H])([2H])Oc1cccc(CN)c1. The Hall–Kier alpha value is -1.02. The van der Waals surface area contributed by atoms with E-state index < -0.39 is 7.04 Å². The maximum atomic E-state index is 6.88. The summed E-state index contributed by atoms with van der Waals surface area (Å²) in [6, 6.07) is 6.73. The Bertz CT molecular complexity index is 285. The van der Waals surface area contributed by atoms with Crippen LogP contribution in [-0.2, 0) is 6.54 Å². The molecule has 0 saturated heterocycles. The van der Waals surface area contributed by atoms with Gasteiger partial charge < -0.3 is 10.5 Å². The van der Waals surface area contributed by atoms with E-state index in [1.54, 1.807) is 18.2 Å². The van der Waals surface area contributed by atoms with Crippen molar-refractivity contribution in [1.82, 2.24) is 0 Å². The van der Waals surface area contributed by atoms with Gasteiger partial charge in [-0.3, -0.25) is 0 Å². The molecule has 0 aromatic heterocycles. The molecule has 0 amide bonds. The van der Waals surface area contributed by atoms with Crippen molar-refractivity contribution in [1.29, 1.82) is 0 Å². The number of methoxy groups -OCH3 is 1. The molecular formula is C8H11NO. The van der Waals surface area contributed by atoms with Crippen molar-refractivity contribution in [3.05, 3.63) is 29.8 Å². The summed E-state index contributed by atoms with van der Waals surface area (Å²) in [6.45, 7) is 0.373. The lowest BCUT2D eigenvalue weighted by Gasteiger charge is -2.00. The third-order valence-corrected chi connectivity index (χ3v) is 1.25. The second kappa shape index (κ2) is 3.22. The summed E-state index contributed by atoms with van der Waals surface area (Å²) >= 11 is 0. The molecule has 0 spiro atoms. The fourth-order valence-electron chi connectivity index (χ4n) is 0.736. The minimum absolute atomic E-state index is 0.322. The van der Waals surface area contributed by atoms with E-state index in [4.69, 9.17) is 9.85 Å². The van der Waals surface area contributed by atoms with Crippen molar-refractivity contribution in [3.8, 4) is 5.75 Å². The first-order valence-electron chi connectivity index (χ1n) is 4.49. The number of hydrogen-bond donors (Lipinski definition) is 1. The zero-order chi connectivity index (χ0) is 9.90. The summed E-state index contributed by atoms with van der Waals surface area (Å²) in [5, 5.41) is 0. The lowest BCUT2D eigenvalue weighted by Crippen LogP contribution is -1.95. The summed E-state index contributed by atoms with van der Waals surface area (Å²) < 4.78 is 25.3. The molecule has 1 aromatic rings.